The van der Waals surface area contributed by atoms with Crippen LogP contribution in [-0.4, -0.2) is 21.8 Å². The zero-order chi connectivity index (χ0) is 19.0. The van der Waals surface area contributed by atoms with Crippen LogP contribution in [0.1, 0.15) is 43.2 Å². The molecule has 7 nitrogen and oxygen atoms in total. The van der Waals surface area contributed by atoms with E-state index in [0.717, 1.165) is 22.0 Å². The molecule has 1 unspecified atom stereocenters. The standard InChI is InChI=1S/C19H19ClN2O5/c20-12-7-9-13(10-8-12)27-19(25)21-15-5-3-4-14(15)17(23)22(18(21)24)16-6-1-2-11-26-16/h7-10,16H,1-6,11H2. The van der Waals surface area contributed by atoms with Crippen molar-refractivity contribution in [3.05, 3.63) is 61.4 Å². The summed E-state index contributed by atoms with van der Waals surface area (Å²) in [4.78, 5) is 38.7. The first kappa shape index (κ1) is 18.0. The van der Waals surface area contributed by atoms with Crippen LogP contribution in [0.5, 0.6) is 5.75 Å². The van der Waals surface area contributed by atoms with Crippen molar-refractivity contribution in [2.45, 2.75) is 44.8 Å². The molecule has 1 atom stereocenters. The minimum atomic E-state index is -0.829. The molecule has 0 N–H and O–H groups in total. The third-order valence-corrected chi connectivity index (χ3v) is 5.23. The number of ether oxygens (including phenoxy) is 2. The van der Waals surface area contributed by atoms with Crippen molar-refractivity contribution in [3.8, 4) is 5.75 Å². The lowest BCUT2D eigenvalue weighted by atomic mass is 10.2. The quantitative estimate of drug-likeness (QED) is 0.787. The molecule has 0 saturated carbocycles. The molecule has 1 aliphatic heterocycles. The molecule has 1 aliphatic carbocycles. The Morgan fingerprint density at radius 3 is 2.59 bits per heavy atom. The Hall–Kier alpha value is -2.38. The fraction of sp³-hybridized carbons (Fsp3) is 0.421. The van der Waals surface area contributed by atoms with Crippen LogP contribution in [0.25, 0.3) is 0 Å². The molecule has 27 heavy (non-hydrogen) atoms. The molecule has 0 bridgehead atoms. The summed E-state index contributed by atoms with van der Waals surface area (Å²) in [5.41, 5.74) is -0.116. The molecular weight excluding hydrogens is 372 g/mol. The summed E-state index contributed by atoms with van der Waals surface area (Å²) < 4.78 is 13.0. The van der Waals surface area contributed by atoms with E-state index in [2.05, 4.69) is 0 Å². The number of nitrogens with zero attached hydrogens (tertiary/aromatic N) is 2. The smallest absolute Gasteiger partial charge is 0.410 e. The molecular formula is C19H19ClN2O5. The highest BCUT2D eigenvalue weighted by atomic mass is 35.5. The minimum Gasteiger partial charge on any atom is -0.410 e. The predicted molar refractivity (Wildman–Crippen MR) is 98.7 cm³/mol. The molecule has 0 radical (unpaired) electrons. The van der Waals surface area contributed by atoms with E-state index in [1.807, 2.05) is 0 Å². The Morgan fingerprint density at radius 2 is 1.89 bits per heavy atom. The van der Waals surface area contributed by atoms with Gasteiger partial charge in [0.2, 0.25) is 0 Å². The maximum absolute atomic E-state index is 13.1. The molecule has 142 valence electrons. The summed E-state index contributed by atoms with van der Waals surface area (Å²) in [7, 11) is 0. The normalized spacial score (nSPS) is 18.9. The van der Waals surface area contributed by atoms with Crippen molar-refractivity contribution >= 4 is 17.7 Å². The second-order valence-corrected chi connectivity index (χ2v) is 7.15. The predicted octanol–water partition coefficient (Wildman–Crippen LogP) is 2.90. The van der Waals surface area contributed by atoms with Gasteiger partial charge in [0.1, 0.15) is 12.0 Å². The second-order valence-electron chi connectivity index (χ2n) is 6.72. The highest BCUT2D eigenvalue weighted by molar-refractivity contribution is 6.30. The van der Waals surface area contributed by atoms with Gasteiger partial charge in [-0.15, -0.1) is 0 Å². The van der Waals surface area contributed by atoms with Crippen LogP contribution in [0.2, 0.25) is 5.02 Å². The van der Waals surface area contributed by atoms with E-state index >= 15 is 0 Å². The zero-order valence-electron chi connectivity index (χ0n) is 14.7. The van der Waals surface area contributed by atoms with E-state index in [1.165, 1.54) is 0 Å². The topological polar surface area (TPSA) is 79.5 Å². The Balaban J connectivity index is 1.78. The van der Waals surface area contributed by atoms with Crippen LogP contribution in [-0.2, 0) is 17.6 Å². The first-order chi connectivity index (χ1) is 13.1. The van der Waals surface area contributed by atoms with E-state index in [0.29, 0.717) is 48.6 Å². The van der Waals surface area contributed by atoms with Gasteiger partial charge in [-0.25, -0.2) is 14.2 Å². The van der Waals surface area contributed by atoms with Crippen LogP contribution in [0.15, 0.2) is 33.9 Å². The third-order valence-electron chi connectivity index (χ3n) is 4.98. The second kappa shape index (κ2) is 7.32. The third kappa shape index (κ3) is 3.33. The van der Waals surface area contributed by atoms with Gasteiger partial charge in [-0.3, -0.25) is 4.79 Å². The fourth-order valence-corrected chi connectivity index (χ4v) is 3.81. The first-order valence-electron chi connectivity index (χ1n) is 9.05. The van der Waals surface area contributed by atoms with Crippen molar-refractivity contribution < 1.29 is 14.3 Å². The molecule has 2 aromatic rings. The van der Waals surface area contributed by atoms with Gasteiger partial charge in [-0.2, -0.15) is 4.57 Å². The summed E-state index contributed by atoms with van der Waals surface area (Å²) >= 11 is 5.84. The Bertz CT molecular complexity index is 987. The number of halogens is 1. The van der Waals surface area contributed by atoms with Gasteiger partial charge in [0.25, 0.3) is 5.56 Å². The minimum absolute atomic E-state index is 0.273. The molecule has 8 heteroatoms. The van der Waals surface area contributed by atoms with Gasteiger partial charge in [0.15, 0.2) is 0 Å². The Kier molecular flexibility index (Phi) is 4.88. The number of hydrogen-bond acceptors (Lipinski definition) is 5. The zero-order valence-corrected chi connectivity index (χ0v) is 15.4. The van der Waals surface area contributed by atoms with Crippen molar-refractivity contribution in [3.63, 3.8) is 0 Å². The van der Waals surface area contributed by atoms with E-state index in [-0.39, 0.29) is 11.3 Å². The monoisotopic (exact) mass is 390 g/mol. The van der Waals surface area contributed by atoms with E-state index in [9.17, 15) is 14.4 Å². The number of hydrogen-bond donors (Lipinski definition) is 0. The number of rotatable bonds is 2. The van der Waals surface area contributed by atoms with Crippen molar-refractivity contribution in [2.75, 3.05) is 6.61 Å². The van der Waals surface area contributed by atoms with Gasteiger partial charge >= 0.3 is 11.8 Å². The van der Waals surface area contributed by atoms with Crippen LogP contribution >= 0.6 is 11.6 Å². The Labute approximate surface area is 160 Å². The maximum Gasteiger partial charge on any atom is 0.427 e. The van der Waals surface area contributed by atoms with Gasteiger partial charge in [0.05, 0.1) is 0 Å². The van der Waals surface area contributed by atoms with Gasteiger partial charge in [0, 0.05) is 22.9 Å². The van der Waals surface area contributed by atoms with E-state index in [4.69, 9.17) is 21.1 Å². The summed E-state index contributed by atoms with van der Waals surface area (Å²) in [5, 5.41) is 0.510. The van der Waals surface area contributed by atoms with Gasteiger partial charge < -0.3 is 9.47 Å². The summed E-state index contributed by atoms with van der Waals surface area (Å²) in [6.07, 6.45) is 2.60. The molecule has 4 rings (SSSR count). The summed E-state index contributed by atoms with van der Waals surface area (Å²) in [5.74, 6) is 0.273. The highest BCUT2D eigenvalue weighted by Crippen LogP contribution is 2.23. The van der Waals surface area contributed by atoms with Crippen LogP contribution in [0.3, 0.4) is 0 Å². The number of carbonyl (C=O) groups excluding carboxylic acids is 1. The fourth-order valence-electron chi connectivity index (χ4n) is 3.68. The van der Waals surface area contributed by atoms with Crippen molar-refractivity contribution in [2.24, 2.45) is 0 Å². The van der Waals surface area contributed by atoms with E-state index < -0.39 is 18.0 Å². The molecule has 2 heterocycles. The molecule has 1 fully saturated rings. The number of aromatic nitrogens is 2. The summed E-state index contributed by atoms with van der Waals surface area (Å²) in [6.45, 7) is 0.489. The molecule has 1 saturated heterocycles. The number of carbonyl (C=O) groups is 1. The number of fused-ring (bicyclic) bond motifs is 1. The van der Waals surface area contributed by atoms with Gasteiger partial charge in [-0.1, -0.05) is 11.6 Å². The molecule has 1 aromatic carbocycles. The van der Waals surface area contributed by atoms with Crippen molar-refractivity contribution in [1.82, 2.24) is 9.13 Å². The molecule has 0 spiro atoms. The molecule has 1 aromatic heterocycles. The lowest BCUT2D eigenvalue weighted by Gasteiger charge is -2.25. The Morgan fingerprint density at radius 1 is 1.11 bits per heavy atom. The van der Waals surface area contributed by atoms with Crippen LogP contribution in [0.4, 0.5) is 4.79 Å². The van der Waals surface area contributed by atoms with Gasteiger partial charge in [-0.05, 0) is 62.8 Å². The molecule has 0 amide bonds. The summed E-state index contributed by atoms with van der Waals surface area (Å²) in [6, 6.07) is 6.28. The number of benzene rings is 1. The largest absolute Gasteiger partial charge is 0.427 e. The molecule has 2 aliphatic rings. The van der Waals surface area contributed by atoms with E-state index in [1.54, 1.807) is 24.3 Å². The van der Waals surface area contributed by atoms with Crippen molar-refractivity contribution in [1.29, 1.82) is 0 Å². The van der Waals surface area contributed by atoms with Crippen LogP contribution < -0.4 is 16.0 Å². The SMILES string of the molecule is O=C(Oc1ccc(Cl)cc1)n1c2c(c(=O)n(C3CCCCO3)c1=O)CCC2. The average Bonchev–Trinajstić information content (AvgIpc) is 3.14. The maximum atomic E-state index is 13.1. The first-order valence-corrected chi connectivity index (χ1v) is 9.42. The van der Waals surface area contributed by atoms with Crippen LogP contribution in [0, 0.1) is 0 Å². The lowest BCUT2D eigenvalue weighted by molar-refractivity contribution is -0.0374. The average molecular weight is 391 g/mol. The lowest BCUT2D eigenvalue weighted by Crippen LogP contribution is -2.48. The highest BCUT2D eigenvalue weighted by Gasteiger charge is 2.30.